The number of carbonyl (C=O) groups excluding carboxylic acids is 1. The van der Waals surface area contributed by atoms with Gasteiger partial charge in [0, 0.05) is 22.0 Å². The van der Waals surface area contributed by atoms with Gasteiger partial charge in [-0.3, -0.25) is 0 Å². The van der Waals surface area contributed by atoms with Crippen LogP contribution in [-0.4, -0.2) is 21.5 Å². The molecule has 0 spiro atoms. The fourth-order valence-corrected chi connectivity index (χ4v) is 5.20. The fraction of sp³-hybridized carbons (Fsp3) is 0.276. The quantitative estimate of drug-likeness (QED) is 0.222. The van der Waals surface area contributed by atoms with Crippen LogP contribution in [0.3, 0.4) is 0 Å². The number of hydrogen-bond donors (Lipinski definition) is 2. The first-order valence-electron chi connectivity index (χ1n) is 11.7. The summed E-state index contributed by atoms with van der Waals surface area (Å²) in [6, 6.07) is 22.1. The van der Waals surface area contributed by atoms with Crippen molar-refractivity contribution in [2.45, 2.75) is 46.6 Å². The predicted octanol–water partition coefficient (Wildman–Crippen LogP) is 7.43. The van der Waals surface area contributed by atoms with E-state index in [4.69, 9.17) is 9.97 Å². The lowest BCUT2D eigenvalue weighted by atomic mass is 9.82. The SMILES string of the molecule is CC(C)(C)CC(C)(C)NC(=O)Nc1ccc2nc3c4ccccc4c4ccccc4c3nc2c1. The first-order chi connectivity index (χ1) is 16.1. The van der Waals surface area contributed by atoms with Gasteiger partial charge < -0.3 is 10.6 Å². The van der Waals surface area contributed by atoms with E-state index < -0.39 is 0 Å². The lowest BCUT2D eigenvalue weighted by molar-refractivity contribution is 0.220. The predicted molar refractivity (Wildman–Crippen MR) is 142 cm³/mol. The van der Waals surface area contributed by atoms with E-state index in [0.29, 0.717) is 5.69 Å². The topological polar surface area (TPSA) is 66.9 Å². The third kappa shape index (κ3) is 4.26. The maximum atomic E-state index is 12.7. The smallest absolute Gasteiger partial charge is 0.319 e. The minimum atomic E-state index is -0.324. The van der Waals surface area contributed by atoms with Crippen molar-refractivity contribution in [1.29, 1.82) is 0 Å². The summed E-state index contributed by atoms with van der Waals surface area (Å²) in [5, 5.41) is 10.6. The van der Waals surface area contributed by atoms with Gasteiger partial charge in [0.2, 0.25) is 0 Å². The molecule has 1 aromatic heterocycles. The zero-order valence-electron chi connectivity index (χ0n) is 20.4. The molecule has 0 aliphatic rings. The molecule has 5 aromatic rings. The van der Waals surface area contributed by atoms with Crippen LogP contribution in [0.15, 0.2) is 66.7 Å². The normalized spacial score (nSPS) is 12.5. The van der Waals surface area contributed by atoms with Crippen molar-refractivity contribution in [1.82, 2.24) is 15.3 Å². The summed E-state index contributed by atoms with van der Waals surface area (Å²) in [6.07, 6.45) is 0.865. The highest BCUT2D eigenvalue weighted by Gasteiger charge is 2.27. The van der Waals surface area contributed by atoms with Gasteiger partial charge in [-0.05, 0) is 54.7 Å². The van der Waals surface area contributed by atoms with E-state index in [-0.39, 0.29) is 17.0 Å². The van der Waals surface area contributed by atoms with Gasteiger partial charge in [0.05, 0.1) is 22.1 Å². The van der Waals surface area contributed by atoms with Crippen LogP contribution in [-0.2, 0) is 0 Å². The minimum Gasteiger partial charge on any atom is -0.333 e. The molecule has 4 aromatic carbocycles. The standard InChI is InChI=1S/C29H30N4O/c1-28(2,3)17-29(4,5)33-27(34)30-18-14-15-23-24(16-18)32-26-22-13-9-7-11-20(22)19-10-6-8-12-21(19)25(26)31-23/h6-16H,17H2,1-5H3,(H2,30,33,34). The van der Waals surface area contributed by atoms with Gasteiger partial charge in [0.25, 0.3) is 0 Å². The fourth-order valence-electron chi connectivity index (χ4n) is 5.20. The highest BCUT2D eigenvalue weighted by atomic mass is 16.2. The molecular formula is C29H30N4O. The van der Waals surface area contributed by atoms with E-state index in [1.165, 1.54) is 5.39 Å². The number of urea groups is 1. The van der Waals surface area contributed by atoms with Gasteiger partial charge in [-0.25, -0.2) is 14.8 Å². The maximum absolute atomic E-state index is 12.7. The Morgan fingerprint density at radius 3 is 1.82 bits per heavy atom. The minimum absolute atomic E-state index is 0.114. The van der Waals surface area contributed by atoms with Crippen molar-refractivity contribution in [2.75, 3.05) is 5.32 Å². The number of nitrogens with one attached hydrogen (secondary N) is 2. The van der Waals surface area contributed by atoms with Crippen LogP contribution in [0.1, 0.15) is 41.0 Å². The number of hydrogen-bond acceptors (Lipinski definition) is 3. The van der Waals surface area contributed by atoms with E-state index in [1.54, 1.807) is 0 Å². The number of carbonyl (C=O) groups is 1. The molecule has 0 atom stereocenters. The molecule has 0 radical (unpaired) electrons. The summed E-state index contributed by atoms with van der Waals surface area (Å²) in [6.45, 7) is 10.6. The molecule has 5 heteroatoms. The summed E-state index contributed by atoms with van der Waals surface area (Å²) < 4.78 is 0. The lowest BCUT2D eigenvalue weighted by Gasteiger charge is -2.33. The molecular weight excluding hydrogens is 420 g/mol. The molecule has 34 heavy (non-hydrogen) atoms. The van der Waals surface area contributed by atoms with Gasteiger partial charge in [-0.1, -0.05) is 69.3 Å². The molecule has 5 rings (SSSR count). The van der Waals surface area contributed by atoms with Crippen molar-refractivity contribution in [3.8, 4) is 0 Å². The van der Waals surface area contributed by atoms with Crippen LogP contribution in [0.4, 0.5) is 10.5 Å². The van der Waals surface area contributed by atoms with E-state index in [9.17, 15) is 4.79 Å². The largest absolute Gasteiger partial charge is 0.333 e. The van der Waals surface area contributed by atoms with Gasteiger partial charge in [-0.2, -0.15) is 0 Å². The Morgan fingerprint density at radius 1 is 0.735 bits per heavy atom. The van der Waals surface area contributed by atoms with Crippen LogP contribution < -0.4 is 10.6 Å². The molecule has 0 fully saturated rings. The van der Waals surface area contributed by atoms with Crippen molar-refractivity contribution in [3.05, 3.63) is 66.7 Å². The van der Waals surface area contributed by atoms with Crippen molar-refractivity contribution < 1.29 is 4.79 Å². The summed E-state index contributed by atoms with van der Waals surface area (Å²) in [4.78, 5) is 22.7. The Kier molecular flexibility index (Phi) is 5.16. The van der Waals surface area contributed by atoms with Crippen LogP contribution >= 0.6 is 0 Å². The van der Waals surface area contributed by atoms with Gasteiger partial charge >= 0.3 is 6.03 Å². The average molecular weight is 451 g/mol. The molecule has 2 amide bonds. The van der Waals surface area contributed by atoms with Crippen molar-refractivity contribution >= 4 is 55.3 Å². The monoisotopic (exact) mass is 450 g/mol. The Labute approximate surface area is 199 Å². The second-order valence-corrected chi connectivity index (χ2v) is 10.9. The van der Waals surface area contributed by atoms with E-state index in [0.717, 1.165) is 44.6 Å². The Bertz CT molecular complexity index is 1560. The van der Waals surface area contributed by atoms with Gasteiger partial charge in [-0.15, -0.1) is 0 Å². The first kappa shape index (κ1) is 22.1. The molecule has 0 bridgehead atoms. The number of rotatable bonds is 3. The zero-order valence-corrected chi connectivity index (χ0v) is 20.4. The van der Waals surface area contributed by atoms with E-state index >= 15 is 0 Å². The van der Waals surface area contributed by atoms with Crippen LogP contribution in [0.2, 0.25) is 0 Å². The summed E-state index contributed by atoms with van der Waals surface area (Å²) in [5.74, 6) is 0. The van der Waals surface area contributed by atoms with E-state index in [2.05, 4.69) is 67.8 Å². The summed E-state index contributed by atoms with van der Waals surface area (Å²) in [5.41, 5.74) is 3.79. The second kappa shape index (κ2) is 7.94. The Hall–Kier alpha value is -3.73. The highest BCUT2D eigenvalue weighted by molar-refractivity contribution is 6.23. The van der Waals surface area contributed by atoms with Gasteiger partial charge in [0.1, 0.15) is 0 Å². The Morgan fingerprint density at radius 2 is 1.26 bits per heavy atom. The zero-order chi connectivity index (χ0) is 24.1. The molecule has 0 aliphatic carbocycles. The van der Waals surface area contributed by atoms with Crippen LogP contribution in [0.25, 0.3) is 43.6 Å². The number of fused-ring (bicyclic) bond motifs is 7. The maximum Gasteiger partial charge on any atom is 0.319 e. The van der Waals surface area contributed by atoms with Gasteiger partial charge in [0.15, 0.2) is 0 Å². The van der Waals surface area contributed by atoms with Crippen molar-refractivity contribution in [2.24, 2.45) is 5.41 Å². The molecule has 0 aliphatic heterocycles. The highest BCUT2D eigenvalue weighted by Crippen LogP contribution is 2.34. The molecule has 5 nitrogen and oxygen atoms in total. The number of benzene rings is 4. The second-order valence-electron chi connectivity index (χ2n) is 10.9. The van der Waals surface area contributed by atoms with E-state index in [1.807, 2.05) is 44.2 Å². The molecule has 0 saturated carbocycles. The van der Waals surface area contributed by atoms with Crippen molar-refractivity contribution in [3.63, 3.8) is 0 Å². The van der Waals surface area contributed by atoms with Crippen LogP contribution in [0, 0.1) is 5.41 Å². The number of amides is 2. The molecule has 172 valence electrons. The third-order valence-corrected chi connectivity index (χ3v) is 6.00. The summed E-state index contributed by atoms with van der Waals surface area (Å²) >= 11 is 0. The lowest BCUT2D eigenvalue weighted by Crippen LogP contribution is -2.47. The Balaban J connectivity index is 1.55. The average Bonchev–Trinajstić information content (AvgIpc) is 2.76. The summed E-state index contributed by atoms with van der Waals surface area (Å²) in [7, 11) is 0. The molecule has 1 heterocycles. The molecule has 0 unspecified atom stereocenters. The number of aromatic nitrogens is 2. The first-order valence-corrected chi connectivity index (χ1v) is 11.7. The number of nitrogens with zero attached hydrogens (tertiary/aromatic N) is 2. The molecule has 2 N–H and O–H groups in total. The third-order valence-electron chi connectivity index (χ3n) is 6.00. The van der Waals surface area contributed by atoms with Crippen LogP contribution in [0.5, 0.6) is 0 Å². The number of anilines is 1. The molecule has 0 saturated heterocycles.